The lowest BCUT2D eigenvalue weighted by Crippen LogP contribution is -2.66. The lowest BCUT2D eigenvalue weighted by molar-refractivity contribution is -0.389. The molecule has 9 fully saturated rings. The van der Waals surface area contributed by atoms with E-state index in [1.165, 1.54) is 13.8 Å². The summed E-state index contributed by atoms with van der Waals surface area (Å²) in [6, 6.07) is 0. The smallest absolute Gasteiger partial charge is 0.187 e. The monoisotopic (exact) mass is 1050 g/mol. The molecule has 22 nitrogen and oxygen atoms in total. The fourth-order valence-electron chi connectivity index (χ4n) is 15.5. The Morgan fingerprint density at radius 3 is 1.77 bits per heavy atom. The molecule has 32 atom stereocenters. The van der Waals surface area contributed by atoms with E-state index < -0.39 is 142 Å². The highest BCUT2D eigenvalue weighted by Gasteiger charge is 2.68. The van der Waals surface area contributed by atoms with Crippen LogP contribution in [-0.4, -0.2) is 227 Å². The first-order chi connectivity index (χ1) is 34.5. The highest BCUT2D eigenvalue weighted by atomic mass is 16.8. The van der Waals surface area contributed by atoms with E-state index in [1.807, 2.05) is 6.92 Å². The van der Waals surface area contributed by atoms with Crippen molar-refractivity contribution in [3.8, 4) is 0 Å². The van der Waals surface area contributed by atoms with Gasteiger partial charge in [0.05, 0.1) is 44.2 Å². The zero-order valence-electron chi connectivity index (χ0n) is 42.9. The highest BCUT2D eigenvalue weighted by molar-refractivity contribution is 5.15. The van der Waals surface area contributed by atoms with Gasteiger partial charge in [-0.3, -0.25) is 0 Å². The van der Waals surface area contributed by atoms with Crippen molar-refractivity contribution in [1.82, 2.24) is 0 Å². The van der Waals surface area contributed by atoms with Crippen LogP contribution in [0.3, 0.4) is 0 Å². The third-order valence-electron chi connectivity index (χ3n) is 20.0. The molecule has 73 heavy (non-hydrogen) atoms. The summed E-state index contributed by atoms with van der Waals surface area (Å²) in [5, 5.41) is 139. The fourth-order valence-corrected chi connectivity index (χ4v) is 15.5. The van der Waals surface area contributed by atoms with Crippen molar-refractivity contribution in [1.29, 1.82) is 0 Å². The van der Waals surface area contributed by atoms with E-state index >= 15 is 0 Å². The molecule has 13 N–H and O–H groups in total. The number of hydrogen-bond donors (Lipinski definition) is 13. The summed E-state index contributed by atoms with van der Waals surface area (Å²) >= 11 is 0. The second-order valence-electron chi connectivity index (χ2n) is 24.2. The Kier molecular flexibility index (Phi) is 17.1. The molecule has 0 amide bonds. The van der Waals surface area contributed by atoms with E-state index in [4.69, 9.17) is 42.6 Å². The quantitative estimate of drug-likeness (QED) is 0.0845. The highest BCUT2D eigenvalue weighted by Crippen LogP contribution is 2.71. The van der Waals surface area contributed by atoms with Crippen molar-refractivity contribution < 1.29 is 109 Å². The van der Waals surface area contributed by atoms with Crippen LogP contribution in [0.25, 0.3) is 0 Å². The predicted octanol–water partition coefficient (Wildman–Crippen LogP) is -1.90. The van der Waals surface area contributed by atoms with Gasteiger partial charge < -0.3 is 109 Å². The maximum absolute atomic E-state index is 12.1. The lowest BCUT2D eigenvalue weighted by Gasteiger charge is -2.61. The van der Waals surface area contributed by atoms with Crippen LogP contribution in [-0.2, 0) is 42.6 Å². The first kappa shape index (κ1) is 56.8. The van der Waals surface area contributed by atoms with E-state index in [9.17, 15) is 66.4 Å². The molecule has 5 saturated heterocycles. The Balaban J connectivity index is 0.830. The van der Waals surface area contributed by atoms with Crippen LogP contribution in [0.15, 0.2) is 0 Å². The number of aliphatic hydroxyl groups excluding tert-OH is 12. The van der Waals surface area contributed by atoms with Crippen molar-refractivity contribution in [3.63, 3.8) is 0 Å². The molecule has 0 spiro atoms. The molecule has 5 heterocycles. The number of fused-ring (bicyclic) bond motifs is 7. The van der Waals surface area contributed by atoms with Gasteiger partial charge in [-0.1, -0.05) is 27.7 Å². The number of hydrogen-bond acceptors (Lipinski definition) is 22. The summed E-state index contributed by atoms with van der Waals surface area (Å²) in [5.41, 5.74) is -0.0281. The molecule has 0 aromatic heterocycles. The van der Waals surface area contributed by atoms with Gasteiger partial charge >= 0.3 is 0 Å². The average molecular weight is 1050 g/mol. The second kappa shape index (κ2) is 22.0. The summed E-state index contributed by atoms with van der Waals surface area (Å²) in [6.45, 7) is 10.8. The molecular weight excluding hydrogens is 965 g/mol. The molecule has 9 aliphatic rings. The van der Waals surface area contributed by atoms with Crippen molar-refractivity contribution in [2.45, 2.75) is 247 Å². The van der Waals surface area contributed by atoms with Crippen LogP contribution in [0.4, 0.5) is 0 Å². The molecule has 9 rings (SSSR count). The van der Waals surface area contributed by atoms with Gasteiger partial charge in [-0.25, -0.2) is 0 Å². The lowest BCUT2D eigenvalue weighted by atomic mass is 9.44. The topological polar surface area (TPSA) is 346 Å². The summed E-state index contributed by atoms with van der Waals surface area (Å²) in [6.07, 6.45) is -21.1. The molecule has 5 aliphatic heterocycles. The van der Waals surface area contributed by atoms with Crippen LogP contribution < -0.4 is 0 Å². The summed E-state index contributed by atoms with van der Waals surface area (Å²) in [5.74, 6) is 0.300. The van der Waals surface area contributed by atoms with Gasteiger partial charge in [0.1, 0.15) is 85.5 Å². The zero-order chi connectivity index (χ0) is 52.8. The van der Waals surface area contributed by atoms with E-state index in [-0.39, 0.29) is 53.3 Å². The molecule has 0 aromatic carbocycles. The molecule has 4 saturated carbocycles. The minimum absolute atomic E-state index is 0.00150. The first-order valence-electron chi connectivity index (χ1n) is 27.1. The van der Waals surface area contributed by atoms with Crippen molar-refractivity contribution in [3.05, 3.63) is 0 Å². The molecule has 0 bridgehead atoms. The van der Waals surface area contributed by atoms with Gasteiger partial charge in [0, 0.05) is 12.3 Å². The Bertz CT molecular complexity index is 1840. The molecule has 22 heteroatoms. The number of rotatable bonds is 14. The maximum Gasteiger partial charge on any atom is 0.187 e. The molecule has 1 unspecified atom stereocenters. The first-order valence-corrected chi connectivity index (χ1v) is 27.1. The minimum atomic E-state index is -1.74. The van der Waals surface area contributed by atoms with Crippen LogP contribution in [0, 0.1) is 52.3 Å². The van der Waals surface area contributed by atoms with Gasteiger partial charge in [-0.2, -0.15) is 0 Å². The maximum atomic E-state index is 12.1. The number of ether oxygens (including phenoxy) is 9. The van der Waals surface area contributed by atoms with Crippen molar-refractivity contribution >= 4 is 0 Å². The summed E-state index contributed by atoms with van der Waals surface area (Å²) in [7, 11) is 0. The van der Waals surface area contributed by atoms with E-state index in [0.29, 0.717) is 43.4 Å². The zero-order valence-corrected chi connectivity index (χ0v) is 42.9. The Morgan fingerprint density at radius 2 is 1.14 bits per heavy atom. The van der Waals surface area contributed by atoms with Crippen LogP contribution >= 0.6 is 0 Å². The Hall–Kier alpha value is -0.880. The molecule has 422 valence electrons. The second-order valence-corrected chi connectivity index (χ2v) is 24.2. The van der Waals surface area contributed by atoms with E-state index in [0.717, 1.165) is 38.5 Å². The van der Waals surface area contributed by atoms with Gasteiger partial charge in [-0.05, 0) is 118 Å². The molecular formula is C51H86O22. The minimum Gasteiger partial charge on any atom is -0.394 e. The largest absolute Gasteiger partial charge is 0.394 e. The summed E-state index contributed by atoms with van der Waals surface area (Å²) in [4.78, 5) is 0. The van der Waals surface area contributed by atoms with Crippen molar-refractivity contribution in [2.24, 2.45) is 52.3 Å². The van der Waals surface area contributed by atoms with Gasteiger partial charge in [0.25, 0.3) is 0 Å². The molecule has 4 aliphatic carbocycles. The SMILES string of the molecule is C[C@H](CCC1(O)O[C@H]2C[C@H]3[C@@H]4CC[C@H]5C[C@@H](O[C@@H]6O[C@H](CO)[C@@H](O[C@@H]7O[C@@H](C)[C@H](O)[C@@H](O)[C@H]7O)[C@H](O)[C@H]6O[C@@H]6O[C@@H](C)[C@H](O)[C@@H](O)[C@H]6O)CC[C@]5(C)[C@H]4CC[C@]3(C)[C@H]2[C@@H]1C)CO[C@@H]1O[C@H](CO)[C@@H](O)[C@H](O)[C@H]1O. The van der Waals surface area contributed by atoms with Crippen LogP contribution in [0.5, 0.6) is 0 Å². The summed E-state index contributed by atoms with van der Waals surface area (Å²) < 4.78 is 54.7. The average Bonchev–Trinajstić information content (AvgIpc) is 3.80. The van der Waals surface area contributed by atoms with Gasteiger partial charge in [-0.15, -0.1) is 0 Å². The standard InChI is InChI=1S/C51H86O22/c1-20(19-65-45-39(60)38(59)35(56)30(17-52)69-45)9-14-51(64)21(2)32-29(73-51)16-28-26-8-7-24-15-25(10-12-49(24,5)27(26)11-13-50(28,32)6)68-48-44(72-47-41(62)37(58)34(55)23(4)67-47)42(63)43(31(18-53)70-48)71-46-40(61)36(57)33(54)22(3)66-46/h20-48,52-64H,7-19H2,1-6H3/t20-,21+,22+,23+,24+,25+,26-,27+,28+,29+,30-,31-,32+,33+,34+,35-,36-,37-,38+,39-,40-,41-,42+,43-,44-,45-,46+,47+,48-,49+,50+,51?/m1/s1. The van der Waals surface area contributed by atoms with Crippen LogP contribution in [0.1, 0.15) is 106 Å². The fraction of sp³-hybridized carbons (Fsp3) is 1.00. The van der Waals surface area contributed by atoms with E-state index in [2.05, 4.69) is 20.8 Å². The Morgan fingerprint density at radius 1 is 0.562 bits per heavy atom. The van der Waals surface area contributed by atoms with Crippen LogP contribution in [0.2, 0.25) is 0 Å². The Labute approximate surface area is 426 Å². The van der Waals surface area contributed by atoms with Gasteiger partial charge in [0.15, 0.2) is 30.9 Å². The molecule has 0 aromatic rings. The number of aliphatic hydroxyl groups is 13. The van der Waals surface area contributed by atoms with Crippen molar-refractivity contribution in [2.75, 3.05) is 19.8 Å². The van der Waals surface area contributed by atoms with E-state index in [1.54, 1.807) is 0 Å². The molecule has 0 radical (unpaired) electrons. The third-order valence-corrected chi connectivity index (χ3v) is 20.0. The van der Waals surface area contributed by atoms with Gasteiger partial charge in [0.2, 0.25) is 0 Å². The predicted molar refractivity (Wildman–Crippen MR) is 249 cm³/mol. The third kappa shape index (κ3) is 10.2. The normalized spacial score (nSPS) is 56.6.